The van der Waals surface area contributed by atoms with Gasteiger partial charge in [0, 0.05) is 6.04 Å². The van der Waals surface area contributed by atoms with Gasteiger partial charge in [-0.25, -0.2) is 0 Å². The van der Waals surface area contributed by atoms with Crippen LogP contribution in [0.4, 0.5) is 0 Å². The first-order valence-corrected chi connectivity index (χ1v) is 8.87. The number of carbonyl (C=O) groups is 2. The Morgan fingerprint density at radius 1 is 1.24 bits per heavy atom. The molecule has 0 amide bonds. The van der Waals surface area contributed by atoms with Crippen LogP contribution >= 0.6 is 0 Å². The van der Waals surface area contributed by atoms with E-state index in [-0.39, 0.29) is 31.4 Å². The molecular formula is C19H35NO5. The average Bonchev–Trinajstić information content (AvgIpc) is 2.51. The molecule has 0 saturated heterocycles. The molecule has 3 N–H and O–H groups in total. The Balaban J connectivity index is 5.32. The Labute approximate surface area is 151 Å². The number of aliphatic hydroxyl groups is 1. The van der Waals surface area contributed by atoms with Gasteiger partial charge in [0.05, 0.1) is 10.8 Å². The van der Waals surface area contributed by atoms with Crippen molar-refractivity contribution < 1.29 is 24.5 Å². The molecule has 0 spiro atoms. The molecule has 0 rings (SSSR count). The summed E-state index contributed by atoms with van der Waals surface area (Å²) in [7, 11) is 0. The van der Waals surface area contributed by atoms with Crippen LogP contribution < -0.4 is 5.32 Å². The van der Waals surface area contributed by atoms with Gasteiger partial charge in [0.2, 0.25) is 0 Å². The smallest absolute Gasteiger partial charge is 0.312 e. The van der Waals surface area contributed by atoms with Gasteiger partial charge >= 0.3 is 11.9 Å². The molecule has 6 nitrogen and oxygen atoms in total. The third kappa shape index (κ3) is 7.16. The predicted molar refractivity (Wildman–Crippen MR) is 98.0 cm³/mol. The molecule has 0 aliphatic carbocycles. The van der Waals surface area contributed by atoms with E-state index in [2.05, 4.69) is 11.9 Å². The van der Waals surface area contributed by atoms with Crippen molar-refractivity contribution in [3.05, 3.63) is 12.7 Å². The van der Waals surface area contributed by atoms with Crippen molar-refractivity contribution in [2.45, 2.75) is 73.1 Å². The number of esters is 1. The molecule has 0 aromatic carbocycles. The Morgan fingerprint density at radius 2 is 1.80 bits per heavy atom. The largest absolute Gasteiger partial charge is 0.481 e. The summed E-state index contributed by atoms with van der Waals surface area (Å²) in [5.41, 5.74) is -2.07. The van der Waals surface area contributed by atoms with Crippen molar-refractivity contribution in [2.75, 3.05) is 6.61 Å². The number of nitrogens with one attached hydrogen (secondary N) is 1. The number of aliphatic carboxylic acids is 1. The normalized spacial score (nSPS) is 18.7. The van der Waals surface area contributed by atoms with Crippen LogP contribution in [0.1, 0.15) is 60.8 Å². The van der Waals surface area contributed by atoms with Crippen molar-refractivity contribution in [3.8, 4) is 0 Å². The highest BCUT2D eigenvalue weighted by Gasteiger charge is 2.45. The number of hydrogen-bond donors (Lipinski definition) is 3. The first-order chi connectivity index (χ1) is 11.4. The predicted octanol–water partition coefficient (Wildman–Crippen LogP) is 2.96. The van der Waals surface area contributed by atoms with Gasteiger partial charge in [0.25, 0.3) is 0 Å². The first kappa shape index (κ1) is 23.6. The number of carboxylic acids is 1. The second kappa shape index (κ2) is 9.92. The maximum Gasteiger partial charge on any atom is 0.312 e. The lowest BCUT2D eigenvalue weighted by molar-refractivity contribution is -0.161. The van der Waals surface area contributed by atoms with E-state index < -0.39 is 29.0 Å². The summed E-state index contributed by atoms with van der Waals surface area (Å²) < 4.78 is 5.17. The molecule has 0 aromatic rings. The fourth-order valence-corrected chi connectivity index (χ4v) is 3.07. The zero-order valence-electron chi connectivity index (χ0n) is 16.5. The number of ether oxygens (including phenoxy) is 1. The fourth-order valence-electron chi connectivity index (χ4n) is 3.07. The van der Waals surface area contributed by atoms with Crippen LogP contribution in [0.3, 0.4) is 0 Å². The molecule has 25 heavy (non-hydrogen) atoms. The zero-order chi connectivity index (χ0) is 19.8. The van der Waals surface area contributed by atoms with Crippen molar-refractivity contribution in [3.63, 3.8) is 0 Å². The molecule has 4 atom stereocenters. The summed E-state index contributed by atoms with van der Waals surface area (Å²) in [6, 6.07) is 0.0864. The number of aliphatic hydroxyl groups excluding tert-OH is 1. The molecule has 146 valence electrons. The van der Waals surface area contributed by atoms with E-state index in [9.17, 15) is 19.8 Å². The summed E-state index contributed by atoms with van der Waals surface area (Å²) in [5.74, 6) is -1.68. The third-order valence-corrected chi connectivity index (χ3v) is 4.72. The van der Waals surface area contributed by atoms with Crippen LogP contribution in [0, 0.1) is 16.7 Å². The molecule has 0 bridgehead atoms. The molecule has 4 unspecified atom stereocenters. The second-order valence-electron chi connectivity index (χ2n) is 7.79. The topological polar surface area (TPSA) is 95.9 Å². The first-order valence-electron chi connectivity index (χ1n) is 8.87. The van der Waals surface area contributed by atoms with Crippen LogP contribution in [-0.2, 0) is 14.3 Å². The minimum Gasteiger partial charge on any atom is -0.481 e. The Kier molecular flexibility index (Phi) is 9.37. The standard InChI is InChI=1S/C19H35NO5/c1-8-10-25-17(24)18(6,9-2)12-19(7,16(22)23)11-14(5)15(21)20-13(3)4/h8,13-15,20-21H,1,9-12H2,2-7H3,(H,22,23). The van der Waals surface area contributed by atoms with E-state index >= 15 is 0 Å². The third-order valence-electron chi connectivity index (χ3n) is 4.72. The Bertz CT molecular complexity index is 465. The molecule has 0 aliphatic rings. The fraction of sp³-hybridized carbons (Fsp3) is 0.789. The highest BCUT2D eigenvalue weighted by molar-refractivity contribution is 5.79. The van der Waals surface area contributed by atoms with Crippen molar-refractivity contribution >= 4 is 11.9 Å². The van der Waals surface area contributed by atoms with Crippen molar-refractivity contribution in [1.29, 1.82) is 0 Å². The molecule has 0 radical (unpaired) electrons. The van der Waals surface area contributed by atoms with Gasteiger partial charge in [0.15, 0.2) is 0 Å². The van der Waals surface area contributed by atoms with Crippen molar-refractivity contribution in [2.24, 2.45) is 16.7 Å². The van der Waals surface area contributed by atoms with Gasteiger partial charge in [-0.15, -0.1) is 0 Å². The quantitative estimate of drug-likeness (QED) is 0.282. The maximum atomic E-state index is 12.4. The molecule has 0 heterocycles. The lowest BCUT2D eigenvalue weighted by Gasteiger charge is -2.37. The highest BCUT2D eigenvalue weighted by atomic mass is 16.5. The summed E-state index contributed by atoms with van der Waals surface area (Å²) in [4.78, 5) is 24.4. The highest BCUT2D eigenvalue weighted by Crippen LogP contribution is 2.42. The van der Waals surface area contributed by atoms with Gasteiger partial charge in [-0.2, -0.15) is 0 Å². The zero-order valence-corrected chi connectivity index (χ0v) is 16.5. The van der Waals surface area contributed by atoms with E-state index in [1.54, 1.807) is 20.8 Å². The van der Waals surface area contributed by atoms with Gasteiger partial charge in [-0.3, -0.25) is 14.9 Å². The van der Waals surface area contributed by atoms with Crippen LogP contribution in [0.15, 0.2) is 12.7 Å². The molecular weight excluding hydrogens is 322 g/mol. The molecule has 0 fully saturated rings. The SMILES string of the molecule is C=CCOC(=O)C(C)(CC)CC(C)(CC(C)C(O)NC(C)C)C(=O)O. The van der Waals surface area contributed by atoms with Gasteiger partial charge in [-0.1, -0.05) is 26.5 Å². The molecule has 6 heteroatoms. The summed E-state index contributed by atoms with van der Waals surface area (Å²) in [6.07, 6.45) is 1.53. The Hall–Kier alpha value is -1.40. The van der Waals surface area contributed by atoms with E-state index in [1.807, 2.05) is 20.8 Å². The van der Waals surface area contributed by atoms with E-state index in [1.165, 1.54) is 6.08 Å². The molecule has 0 aliphatic heterocycles. The van der Waals surface area contributed by atoms with Gasteiger partial charge in [0.1, 0.15) is 12.8 Å². The summed E-state index contributed by atoms with van der Waals surface area (Å²) in [6.45, 7) is 14.5. The van der Waals surface area contributed by atoms with Crippen LogP contribution in [0.5, 0.6) is 0 Å². The van der Waals surface area contributed by atoms with Crippen molar-refractivity contribution in [1.82, 2.24) is 5.32 Å². The second-order valence-corrected chi connectivity index (χ2v) is 7.79. The number of rotatable bonds is 12. The number of carboxylic acid groups (broad SMARTS) is 1. The summed E-state index contributed by atoms with van der Waals surface area (Å²) >= 11 is 0. The van der Waals surface area contributed by atoms with Crippen LogP contribution in [0.25, 0.3) is 0 Å². The molecule has 0 saturated carbocycles. The molecule has 0 aromatic heterocycles. The maximum absolute atomic E-state index is 12.4. The lowest BCUT2D eigenvalue weighted by Crippen LogP contribution is -2.44. The average molecular weight is 357 g/mol. The van der Waals surface area contributed by atoms with Gasteiger partial charge in [-0.05, 0) is 52.9 Å². The van der Waals surface area contributed by atoms with Gasteiger partial charge < -0.3 is 14.9 Å². The van der Waals surface area contributed by atoms with E-state index in [0.29, 0.717) is 6.42 Å². The Morgan fingerprint density at radius 3 is 2.20 bits per heavy atom. The lowest BCUT2D eigenvalue weighted by atomic mass is 9.68. The number of carbonyl (C=O) groups excluding carboxylic acids is 1. The van der Waals surface area contributed by atoms with Crippen LogP contribution in [-0.4, -0.2) is 41.0 Å². The van der Waals surface area contributed by atoms with E-state index in [0.717, 1.165) is 0 Å². The monoisotopic (exact) mass is 357 g/mol. The minimum absolute atomic E-state index is 0.0864. The van der Waals surface area contributed by atoms with E-state index in [4.69, 9.17) is 4.74 Å². The summed E-state index contributed by atoms with van der Waals surface area (Å²) in [5, 5.41) is 23.0. The minimum atomic E-state index is -1.16. The number of hydrogen-bond acceptors (Lipinski definition) is 5. The van der Waals surface area contributed by atoms with Crippen LogP contribution in [0.2, 0.25) is 0 Å².